The molecule has 2 heterocycles. The van der Waals surface area contributed by atoms with Gasteiger partial charge in [-0.2, -0.15) is 0 Å². The Morgan fingerprint density at radius 2 is 1.68 bits per heavy atom. The zero-order valence-electron chi connectivity index (χ0n) is 16.4. The first-order valence-corrected chi connectivity index (χ1v) is 10.1. The van der Waals surface area contributed by atoms with Crippen LogP contribution in [0.5, 0.6) is 17.2 Å². The Balaban J connectivity index is 1.18. The average molecular weight is 386 g/mol. The maximum Gasteiger partial charge on any atom is 0.231 e. The quantitative estimate of drug-likeness (QED) is 0.598. The van der Waals surface area contributed by atoms with Gasteiger partial charge in [0.05, 0.1) is 0 Å². The number of hydrogen-bond donors (Lipinski definition) is 3. The lowest BCUT2D eigenvalue weighted by molar-refractivity contribution is -1.02. The molecule has 0 saturated carbocycles. The number of fused-ring (bicyclic) bond motifs is 1. The maximum atomic E-state index is 10.3. The van der Waals surface area contributed by atoms with Gasteiger partial charge in [-0.25, -0.2) is 0 Å². The molecule has 2 aromatic rings. The number of quaternary nitrogens is 2. The molecule has 0 aromatic heterocycles. The molecule has 0 radical (unpaired) electrons. The van der Waals surface area contributed by atoms with Gasteiger partial charge in [0, 0.05) is 5.56 Å². The average Bonchev–Trinajstić information content (AvgIpc) is 3.17. The number of aliphatic hydroxyl groups is 1. The number of aliphatic hydroxyl groups excluding tert-OH is 1. The molecule has 6 nitrogen and oxygen atoms in total. The van der Waals surface area contributed by atoms with Gasteiger partial charge < -0.3 is 29.1 Å². The van der Waals surface area contributed by atoms with Crippen molar-refractivity contribution in [3.63, 3.8) is 0 Å². The molecule has 1 atom stereocenters. The number of hydrogen-bond acceptors (Lipinski definition) is 4. The summed E-state index contributed by atoms with van der Waals surface area (Å²) < 4.78 is 16.6. The first kappa shape index (κ1) is 19.1. The lowest BCUT2D eigenvalue weighted by atomic mass is 10.1. The summed E-state index contributed by atoms with van der Waals surface area (Å²) in [5.74, 6) is 2.52. The van der Waals surface area contributed by atoms with Crippen LogP contribution in [0.1, 0.15) is 11.1 Å². The van der Waals surface area contributed by atoms with Crippen LogP contribution in [0.2, 0.25) is 0 Å². The highest BCUT2D eigenvalue weighted by molar-refractivity contribution is 5.44. The molecule has 0 amide bonds. The molecular weight excluding hydrogens is 356 g/mol. The largest absolute Gasteiger partial charge is 0.491 e. The van der Waals surface area contributed by atoms with Crippen LogP contribution in [-0.4, -0.2) is 57.3 Å². The van der Waals surface area contributed by atoms with E-state index in [1.165, 1.54) is 16.0 Å². The van der Waals surface area contributed by atoms with Gasteiger partial charge >= 0.3 is 0 Å². The monoisotopic (exact) mass is 386 g/mol. The van der Waals surface area contributed by atoms with E-state index >= 15 is 0 Å². The lowest BCUT2D eigenvalue weighted by Gasteiger charge is -2.30. The van der Waals surface area contributed by atoms with Crippen LogP contribution in [0.15, 0.2) is 42.5 Å². The third-order valence-electron chi connectivity index (χ3n) is 5.54. The minimum atomic E-state index is -0.438. The fraction of sp³-hybridized carbons (Fsp3) is 0.455. The molecule has 2 aliphatic heterocycles. The highest BCUT2D eigenvalue weighted by Gasteiger charge is 2.25. The maximum absolute atomic E-state index is 10.3. The first-order chi connectivity index (χ1) is 13.7. The van der Waals surface area contributed by atoms with Gasteiger partial charge in [0.25, 0.3) is 0 Å². The van der Waals surface area contributed by atoms with Gasteiger partial charge in [0.15, 0.2) is 11.5 Å². The molecule has 3 N–H and O–H groups in total. The molecule has 0 aliphatic carbocycles. The molecule has 0 bridgehead atoms. The van der Waals surface area contributed by atoms with Gasteiger partial charge in [-0.3, -0.25) is 0 Å². The second-order valence-electron chi connectivity index (χ2n) is 7.85. The molecule has 0 unspecified atom stereocenters. The molecular formula is C22H30N2O4+2. The van der Waals surface area contributed by atoms with E-state index < -0.39 is 6.10 Å². The number of piperazine rings is 1. The fourth-order valence-electron chi connectivity index (χ4n) is 3.90. The Bertz CT molecular complexity index is 773. The molecule has 6 heteroatoms. The van der Waals surface area contributed by atoms with Crippen molar-refractivity contribution in [2.45, 2.75) is 19.6 Å². The normalized spacial score (nSPS) is 22.1. The molecule has 28 heavy (non-hydrogen) atoms. The van der Waals surface area contributed by atoms with Gasteiger partial charge in [-0.05, 0) is 37.3 Å². The van der Waals surface area contributed by atoms with Crippen molar-refractivity contribution in [3.8, 4) is 17.2 Å². The number of nitrogens with one attached hydrogen (secondary N) is 2. The SMILES string of the molecule is Cc1ccc(OC[C@@H](O)C[NH+]2CC[NH+](Cc3ccc4c(c3)OCO4)CC2)cc1. The number of aryl methyl sites for hydroxylation is 1. The topological polar surface area (TPSA) is 56.8 Å². The summed E-state index contributed by atoms with van der Waals surface area (Å²) in [5.41, 5.74) is 2.49. The smallest absolute Gasteiger partial charge is 0.231 e. The molecule has 1 fully saturated rings. The van der Waals surface area contributed by atoms with E-state index in [1.807, 2.05) is 30.3 Å². The van der Waals surface area contributed by atoms with E-state index in [2.05, 4.69) is 19.1 Å². The van der Waals surface area contributed by atoms with Crippen LogP contribution >= 0.6 is 0 Å². The predicted octanol–water partition coefficient (Wildman–Crippen LogP) is -0.553. The van der Waals surface area contributed by atoms with E-state index in [0.717, 1.165) is 56.5 Å². The van der Waals surface area contributed by atoms with Gasteiger partial charge in [-0.1, -0.05) is 17.7 Å². The fourth-order valence-corrected chi connectivity index (χ4v) is 3.90. The minimum Gasteiger partial charge on any atom is -0.491 e. The van der Waals surface area contributed by atoms with Crippen molar-refractivity contribution >= 4 is 0 Å². The molecule has 2 aromatic carbocycles. The van der Waals surface area contributed by atoms with Gasteiger partial charge in [0.1, 0.15) is 57.7 Å². The minimum absolute atomic E-state index is 0.323. The third kappa shape index (κ3) is 4.95. The van der Waals surface area contributed by atoms with Crippen molar-refractivity contribution in [1.29, 1.82) is 0 Å². The Hall–Kier alpha value is -2.28. The summed E-state index contributed by atoms with van der Waals surface area (Å²) in [5, 5.41) is 10.3. The van der Waals surface area contributed by atoms with Crippen LogP contribution in [0.25, 0.3) is 0 Å². The molecule has 150 valence electrons. The number of benzene rings is 2. The summed E-state index contributed by atoms with van der Waals surface area (Å²) >= 11 is 0. The Morgan fingerprint density at radius 3 is 2.46 bits per heavy atom. The zero-order chi connectivity index (χ0) is 19.3. The molecule has 4 rings (SSSR count). The van der Waals surface area contributed by atoms with Crippen molar-refractivity contribution < 1.29 is 29.1 Å². The second kappa shape index (κ2) is 8.82. The summed E-state index contributed by atoms with van der Waals surface area (Å²) in [6, 6.07) is 14.2. The predicted molar refractivity (Wildman–Crippen MR) is 105 cm³/mol. The van der Waals surface area contributed by atoms with Gasteiger partial charge in [0.2, 0.25) is 6.79 Å². The molecule has 1 saturated heterocycles. The Kier molecular flexibility index (Phi) is 6.00. The third-order valence-corrected chi connectivity index (χ3v) is 5.54. The van der Waals surface area contributed by atoms with Crippen LogP contribution in [0.4, 0.5) is 0 Å². The summed E-state index contributed by atoms with van der Waals surface area (Å²) in [6.45, 7) is 8.82. The highest BCUT2D eigenvalue weighted by atomic mass is 16.7. The first-order valence-electron chi connectivity index (χ1n) is 10.1. The van der Waals surface area contributed by atoms with Crippen LogP contribution in [0.3, 0.4) is 0 Å². The van der Waals surface area contributed by atoms with E-state index in [4.69, 9.17) is 14.2 Å². The van der Waals surface area contributed by atoms with E-state index in [-0.39, 0.29) is 0 Å². The van der Waals surface area contributed by atoms with Crippen LogP contribution < -0.4 is 24.0 Å². The van der Waals surface area contributed by atoms with E-state index in [9.17, 15) is 5.11 Å². The summed E-state index contributed by atoms with van der Waals surface area (Å²) in [7, 11) is 0. The molecule has 0 spiro atoms. The zero-order valence-corrected chi connectivity index (χ0v) is 16.4. The van der Waals surface area contributed by atoms with Crippen molar-refractivity contribution in [1.82, 2.24) is 0 Å². The van der Waals surface area contributed by atoms with Crippen molar-refractivity contribution in [3.05, 3.63) is 53.6 Å². The highest BCUT2D eigenvalue weighted by Crippen LogP contribution is 2.32. The Morgan fingerprint density at radius 1 is 0.964 bits per heavy atom. The second-order valence-corrected chi connectivity index (χ2v) is 7.85. The van der Waals surface area contributed by atoms with E-state index in [1.54, 1.807) is 4.90 Å². The van der Waals surface area contributed by atoms with Crippen LogP contribution in [-0.2, 0) is 6.54 Å². The van der Waals surface area contributed by atoms with Crippen molar-refractivity contribution in [2.24, 2.45) is 0 Å². The summed E-state index contributed by atoms with van der Waals surface area (Å²) in [6.07, 6.45) is -0.438. The standard InChI is InChI=1S/C22H28N2O4/c1-17-2-5-20(6-3-17)26-15-19(25)14-24-10-8-23(9-11-24)13-18-4-7-21-22(12-18)28-16-27-21/h2-7,12,19,25H,8-11,13-16H2,1H3/p+2/t19-/m0/s1. The number of ether oxygens (including phenoxy) is 3. The van der Waals surface area contributed by atoms with E-state index in [0.29, 0.717) is 13.4 Å². The van der Waals surface area contributed by atoms with Crippen LogP contribution in [0, 0.1) is 6.92 Å². The Labute approximate surface area is 166 Å². The lowest BCUT2D eigenvalue weighted by Crippen LogP contribution is -3.28. The summed E-state index contributed by atoms with van der Waals surface area (Å²) in [4.78, 5) is 3.03. The van der Waals surface area contributed by atoms with Gasteiger partial charge in [-0.15, -0.1) is 0 Å². The molecule has 2 aliphatic rings. The van der Waals surface area contributed by atoms with Crippen molar-refractivity contribution in [2.75, 3.05) is 46.1 Å². The number of rotatable bonds is 7.